The molecule has 0 bridgehead atoms. The van der Waals surface area contributed by atoms with Crippen molar-refractivity contribution in [1.82, 2.24) is 14.9 Å². The summed E-state index contributed by atoms with van der Waals surface area (Å²) in [6.45, 7) is 9.75. The molecule has 0 aliphatic carbocycles. The summed E-state index contributed by atoms with van der Waals surface area (Å²) in [5.74, 6) is 0.145. The van der Waals surface area contributed by atoms with Crippen LogP contribution in [0.2, 0.25) is 0 Å². The van der Waals surface area contributed by atoms with Gasteiger partial charge in [0.1, 0.15) is 6.04 Å². The van der Waals surface area contributed by atoms with E-state index in [1.807, 2.05) is 10.9 Å². The second-order valence-electron chi connectivity index (χ2n) is 6.03. The van der Waals surface area contributed by atoms with Crippen molar-refractivity contribution < 1.29 is 9.32 Å². The van der Waals surface area contributed by atoms with E-state index in [4.69, 9.17) is 4.52 Å². The fourth-order valence-corrected chi connectivity index (χ4v) is 1.73. The summed E-state index contributed by atoms with van der Waals surface area (Å²) in [5.41, 5.74) is 1.42. The number of aromatic nitrogens is 3. The lowest BCUT2D eigenvalue weighted by Crippen LogP contribution is -2.31. The quantitative estimate of drug-likeness (QED) is 0.903. The molecule has 0 saturated carbocycles. The van der Waals surface area contributed by atoms with Crippen molar-refractivity contribution in [2.24, 2.45) is 0 Å². The zero-order chi connectivity index (χ0) is 15.6. The largest absolute Gasteiger partial charge is 0.371 e. The van der Waals surface area contributed by atoms with Crippen LogP contribution in [-0.2, 0) is 10.3 Å². The topological polar surface area (TPSA) is 85.0 Å². The van der Waals surface area contributed by atoms with Crippen molar-refractivity contribution >= 4 is 17.5 Å². The van der Waals surface area contributed by atoms with Crippen molar-refractivity contribution in [2.75, 3.05) is 10.6 Å². The number of anilines is 2. The number of carbonyl (C=O) groups excluding carboxylic acids is 1. The number of hydrogen-bond donors (Lipinski definition) is 2. The third-order valence-corrected chi connectivity index (χ3v) is 2.92. The van der Waals surface area contributed by atoms with Gasteiger partial charge >= 0.3 is 0 Å². The van der Waals surface area contributed by atoms with E-state index in [-0.39, 0.29) is 11.4 Å². The summed E-state index contributed by atoms with van der Waals surface area (Å²) in [5, 5.41) is 13.8. The Balaban J connectivity index is 1.96. The van der Waals surface area contributed by atoms with Crippen LogP contribution < -0.4 is 10.6 Å². The van der Waals surface area contributed by atoms with E-state index in [2.05, 4.69) is 41.7 Å². The van der Waals surface area contributed by atoms with Crippen molar-refractivity contribution in [2.45, 2.75) is 46.2 Å². The molecule has 21 heavy (non-hydrogen) atoms. The van der Waals surface area contributed by atoms with E-state index in [1.54, 1.807) is 26.1 Å². The van der Waals surface area contributed by atoms with Gasteiger partial charge in [0, 0.05) is 12.3 Å². The van der Waals surface area contributed by atoms with Gasteiger partial charge in [-0.25, -0.2) is 0 Å². The van der Waals surface area contributed by atoms with Gasteiger partial charge in [-0.05, 0) is 34.6 Å². The Hall–Kier alpha value is -2.31. The molecule has 0 aliphatic rings. The standard InChI is InChI=1S/C14H21N5O2/c1-9-6-12(21-18-9)17-13(20)10(2)16-11-7-15-19(8-11)14(3,4)5/h6-8,10,16H,1-5H3,(H,17,20). The number of nitrogens with one attached hydrogen (secondary N) is 2. The van der Waals surface area contributed by atoms with Gasteiger partial charge in [0.2, 0.25) is 11.8 Å². The summed E-state index contributed by atoms with van der Waals surface area (Å²) < 4.78 is 6.80. The molecule has 0 aliphatic heterocycles. The summed E-state index contributed by atoms with van der Waals surface area (Å²) >= 11 is 0. The second kappa shape index (κ2) is 5.59. The molecule has 0 saturated heterocycles. The number of nitrogens with zero attached hydrogens (tertiary/aromatic N) is 3. The van der Waals surface area contributed by atoms with E-state index in [0.29, 0.717) is 5.88 Å². The predicted octanol–water partition coefficient (Wildman–Crippen LogP) is 2.37. The van der Waals surface area contributed by atoms with E-state index in [0.717, 1.165) is 11.4 Å². The maximum Gasteiger partial charge on any atom is 0.248 e. The second-order valence-corrected chi connectivity index (χ2v) is 6.03. The first kappa shape index (κ1) is 15.1. The molecule has 0 radical (unpaired) electrons. The lowest BCUT2D eigenvalue weighted by molar-refractivity contribution is -0.116. The minimum absolute atomic E-state index is 0.0945. The van der Waals surface area contributed by atoms with Crippen LogP contribution >= 0.6 is 0 Å². The molecule has 2 aromatic heterocycles. The van der Waals surface area contributed by atoms with E-state index < -0.39 is 6.04 Å². The van der Waals surface area contributed by atoms with Crippen molar-refractivity contribution in [3.8, 4) is 0 Å². The monoisotopic (exact) mass is 291 g/mol. The highest BCUT2D eigenvalue weighted by Crippen LogP contribution is 2.16. The van der Waals surface area contributed by atoms with Gasteiger partial charge in [0.15, 0.2) is 0 Å². The Labute approximate surface area is 123 Å². The molecule has 114 valence electrons. The van der Waals surface area contributed by atoms with Gasteiger partial charge in [-0.15, -0.1) is 0 Å². The van der Waals surface area contributed by atoms with Crippen LogP contribution in [0.3, 0.4) is 0 Å². The molecule has 7 nitrogen and oxygen atoms in total. The number of aryl methyl sites for hydroxylation is 1. The van der Waals surface area contributed by atoms with Crippen LogP contribution in [0.15, 0.2) is 23.0 Å². The average Bonchev–Trinajstić information content (AvgIpc) is 2.98. The molecule has 2 N–H and O–H groups in total. The van der Waals surface area contributed by atoms with Gasteiger partial charge in [-0.1, -0.05) is 5.16 Å². The molecule has 0 fully saturated rings. The molecule has 2 heterocycles. The van der Waals surface area contributed by atoms with Crippen LogP contribution in [-0.4, -0.2) is 26.9 Å². The van der Waals surface area contributed by atoms with Crippen LogP contribution in [0.5, 0.6) is 0 Å². The first-order valence-corrected chi connectivity index (χ1v) is 6.81. The predicted molar refractivity (Wildman–Crippen MR) is 80.2 cm³/mol. The molecule has 1 atom stereocenters. The van der Waals surface area contributed by atoms with Gasteiger partial charge < -0.3 is 9.84 Å². The normalized spacial score (nSPS) is 13.0. The van der Waals surface area contributed by atoms with Gasteiger partial charge in [-0.2, -0.15) is 5.10 Å². The molecule has 0 spiro atoms. The first-order chi connectivity index (χ1) is 9.75. The van der Waals surface area contributed by atoms with Crippen LogP contribution in [0, 0.1) is 6.92 Å². The summed E-state index contributed by atoms with van der Waals surface area (Å²) in [7, 11) is 0. The number of amides is 1. The molecule has 2 aromatic rings. The Morgan fingerprint density at radius 2 is 2.14 bits per heavy atom. The fourth-order valence-electron chi connectivity index (χ4n) is 1.73. The van der Waals surface area contributed by atoms with Crippen LogP contribution in [0.1, 0.15) is 33.4 Å². The van der Waals surface area contributed by atoms with Gasteiger partial charge in [0.25, 0.3) is 0 Å². The average molecular weight is 291 g/mol. The Bertz CT molecular complexity index is 623. The van der Waals surface area contributed by atoms with Crippen LogP contribution in [0.4, 0.5) is 11.6 Å². The zero-order valence-electron chi connectivity index (χ0n) is 13.0. The third kappa shape index (κ3) is 3.84. The zero-order valence-corrected chi connectivity index (χ0v) is 13.0. The Morgan fingerprint density at radius 1 is 1.43 bits per heavy atom. The number of rotatable bonds is 4. The Morgan fingerprint density at radius 3 is 2.67 bits per heavy atom. The fraction of sp³-hybridized carbons (Fsp3) is 0.500. The molecule has 2 rings (SSSR count). The summed E-state index contributed by atoms with van der Waals surface area (Å²) in [4.78, 5) is 12.0. The lowest BCUT2D eigenvalue weighted by atomic mass is 10.1. The minimum atomic E-state index is -0.423. The number of hydrogen-bond acceptors (Lipinski definition) is 5. The Kier molecular flexibility index (Phi) is 4.02. The van der Waals surface area contributed by atoms with E-state index in [9.17, 15) is 4.79 Å². The molecule has 1 unspecified atom stereocenters. The van der Waals surface area contributed by atoms with Crippen molar-refractivity contribution in [3.05, 3.63) is 24.2 Å². The lowest BCUT2D eigenvalue weighted by Gasteiger charge is -2.19. The smallest absolute Gasteiger partial charge is 0.248 e. The summed E-state index contributed by atoms with van der Waals surface area (Å²) in [6.07, 6.45) is 3.58. The summed E-state index contributed by atoms with van der Waals surface area (Å²) in [6, 6.07) is 1.25. The van der Waals surface area contributed by atoms with Gasteiger partial charge in [0.05, 0.1) is 23.1 Å². The highest BCUT2D eigenvalue weighted by atomic mass is 16.5. The highest BCUT2D eigenvalue weighted by molar-refractivity contribution is 5.95. The maximum atomic E-state index is 12.0. The maximum absolute atomic E-state index is 12.0. The molecular formula is C14H21N5O2. The van der Waals surface area contributed by atoms with E-state index in [1.165, 1.54) is 0 Å². The highest BCUT2D eigenvalue weighted by Gasteiger charge is 2.18. The van der Waals surface area contributed by atoms with Gasteiger partial charge in [-0.3, -0.25) is 14.8 Å². The molecular weight excluding hydrogens is 270 g/mol. The van der Waals surface area contributed by atoms with Crippen molar-refractivity contribution in [1.29, 1.82) is 0 Å². The first-order valence-electron chi connectivity index (χ1n) is 6.81. The van der Waals surface area contributed by atoms with E-state index >= 15 is 0 Å². The molecule has 1 amide bonds. The molecule has 7 heteroatoms. The SMILES string of the molecule is Cc1cc(NC(=O)C(C)Nc2cnn(C(C)(C)C)c2)on1. The van der Waals surface area contributed by atoms with Crippen molar-refractivity contribution in [3.63, 3.8) is 0 Å². The number of carbonyl (C=O) groups is 1. The third-order valence-electron chi connectivity index (χ3n) is 2.92. The molecule has 0 aromatic carbocycles. The minimum Gasteiger partial charge on any atom is -0.371 e. The van der Waals surface area contributed by atoms with Crippen LogP contribution in [0.25, 0.3) is 0 Å².